The predicted octanol–water partition coefficient (Wildman–Crippen LogP) is 2.57. The molecular weight excluding hydrogens is 214 g/mol. The van der Waals surface area contributed by atoms with Gasteiger partial charge in [0.1, 0.15) is 0 Å². The van der Waals surface area contributed by atoms with Crippen LogP contribution in [0.2, 0.25) is 0 Å². The van der Waals surface area contributed by atoms with E-state index in [1.807, 2.05) is 27.7 Å². The zero-order chi connectivity index (χ0) is 13.4. The normalized spacial score (nSPS) is 14.5. The van der Waals surface area contributed by atoms with Gasteiger partial charge in [-0.3, -0.25) is 4.79 Å². The lowest BCUT2D eigenvalue weighted by Crippen LogP contribution is -2.37. The number of hydrogen-bond donors (Lipinski definition) is 2. The molecule has 0 saturated carbocycles. The van der Waals surface area contributed by atoms with Gasteiger partial charge in [-0.1, -0.05) is 6.07 Å². The molecule has 0 heterocycles. The van der Waals surface area contributed by atoms with Crippen molar-refractivity contribution in [2.45, 2.75) is 46.6 Å². The SMILES string of the molecule is Cc1cc(C)c(C)c(C(C)(N)CC(=O)O)c1C. The molecule has 3 N–H and O–H groups in total. The molecule has 0 saturated heterocycles. The standard InChI is InChI=1S/C14H21NO2/c1-8-6-9(2)11(4)13(10(8)3)14(5,15)7-12(16)17/h6H,7,15H2,1-5H3,(H,16,17). The monoisotopic (exact) mass is 235 g/mol. The Balaban J connectivity index is 3.44. The van der Waals surface area contributed by atoms with Crippen LogP contribution in [0.15, 0.2) is 6.07 Å². The van der Waals surface area contributed by atoms with E-state index in [9.17, 15) is 4.79 Å². The summed E-state index contributed by atoms with van der Waals surface area (Å²) in [6, 6.07) is 2.12. The number of carboxylic acid groups (broad SMARTS) is 1. The molecule has 17 heavy (non-hydrogen) atoms. The summed E-state index contributed by atoms with van der Waals surface area (Å²) in [6.45, 7) is 9.85. The van der Waals surface area contributed by atoms with Gasteiger partial charge >= 0.3 is 5.97 Å². The molecule has 0 amide bonds. The molecule has 0 aliphatic rings. The second kappa shape index (κ2) is 4.49. The fourth-order valence-corrected chi connectivity index (χ4v) is 2.48. The number of rotatable bonds is 3. The molecule has 1 atom stereocenters. The minimum atomic E-state index is -0.868. The topological polar surface area (TPSA) is 63.3 Å². The lowest BCUT2D eigenvalue weighted by Gasteiger charge is -2.29. The van der Waals surface area contributed by atoms with Gasteiger partial charge in [-0.05, 0) is 62.4 Å². The quantitative estimate of drug-likeness (QED) is 0.846. The summed E-state index contributed by atoms with van der Waals surface area (Å²) in [5.74, 6) is -0.868. The van der Waals surface area contributed by atoms with Gasteiger partial charge in [0.15, 0.2) is 0 Å². The first kappa shape index (κ1) is 13.7. The van der Waals surface area contributed by atoms with Gasteiger partial charge in [0.2, 0.25) is 0 Å². The summed E-state index contributed by atoms with van der Waals surface area (Å²) in [4.78, 5) is 10.9. The number of hydrogen-bond acceptors (Lipinski definition) is 2. The first-order chi connectivity index (χ1) is 7.66. The highest BCUT2D eigenvalue weighted by Crippen LogP contribution is 2.31. The van der Waals surface area contributed by atoms with Crippen LogP contribution in [0.1, 0.15) is 41.2 Å². The van der Waals surface area contributed by atoms with E-state index < -0.39 is 11.5 Å². The minimum absolute atomic E-state index is 0.0580. The van der Waals surface area contributed by atoms with Crippen molar-refractivity contribution in [1.82, 2.24) is 0 Å². The van der Waals surface area contributed by atoms with Gasteiger partial charge in [0.05, 0.1) is 6.42 Å². The first-order valence-corrected chi connectivity index (χ1v) is 5.75. The molecular formula is C14H21NO2. The Hall–Kier alpha value is -1.35. The lowest BCUT2D eigenvalue weighted by atomic mass is 9.80. The van der Waals surface area contributed by atoms with E-state index in [0.717, 1.165) is 27.8 Å². The molecule has 0 fully saturated rings. The Kier molecular flexibility index (Phi) is 3.62. The molecule has 1 aromatic rings. The maximum absolute atomic E-state index is 10.9. The molecule has 1 unspecified atom stereocenters. The molecule has 1 aromatic carbocycles. The second-order valence-corrected chi connectivity index (χ2v) is 5.12. The van der Waals surface area contributed by atoms with Crippen LogP contribution in [0, 0.1) is 27.7 Å². The van der Waals surface area contributed by atoms with Crippen molar-refractivity contribution in [2.24, 2.45) is 5.73 Å². The van der Waals surface area contributed by atoms with E-state index >= 15 is 0 Å². The predicted molar refractivity (Wildman–Crippen MR) is 69.2 cm³/mol. The zero-order valence-electron chi connectivity index (χ0n) is 11.2. The lowest BCUT2D eigenvalue weighted by molar-refractivity contribution is -0.138. The fourth-order valence-electron chi connectivity index (χ4n) is 2.48. The Labute approximate surface area is 103 Å². The molecule has 0 aliphatic carbocycles. The maximum atomic E-state index is 10.9. The number of carboxylic acids is 1. The highest BCUT2D eigenvalue weighted by atomic mass is 16.4. The van der Waals surface area contributed by atoms with Gasteiger partial charge < -0.3 is 10.8 Å². The number of nitrogens with two attached hydrogens (primary N) is 1. The average Bonchev–Trinajstić information content (AvgIpc) is 2.12. The van der Waals surface area contributed by atoms with Crippen LogP contribution in [0.25, 0.3) is 0 Å². The van der Waals surface area contributed by atoms with Crippen LogP contribution in [-0.2, 0) is 10.3 Å². The van der Waals surface area contributed by atoms with Crippen molar-refractivity contribution < 1.29 is 9.90 Å². The van der Waals surface area contributed by atoms with Crippen molar-refractivity contribution in [3.05, 3.63) is 33.9 Å². The van der Waals surface area contributed by atoms with E-state index in [4.69, 9.17) is 10.8 Å². The van der Waals surface area contributed by atoms with Crippen LogP contribution in [0.3, 0.4) is 0 Å². The van der Waals surface area contributed by atoms with Crippen LogP contribution >= 0.6 is 0 Å². The molecule has 3 nitrogen and oxygen atoms in total. The van der Waals surface area contributed by atoms with Crippen molar-refractivity contribution in [3.8, 4) is 0 Å². The third-order valence-electron chi connectivity index (χ3n) is 3.46. The highest BCUT2D eigenvalue weighted by molar-refractivity contribution is 5.69. The third kappa shape index (κ3) is 2.67. The van der Waals surface area contributed by atoms with Crippen LogP contribution in [0.5, 0.6) is 0 Å². The Morgan fingerprint density at radius 3 is 2.00 bits per heavy atom. The van der Waals surface area contributed by atoms with Crippen molar-refractivity contribution in [1.29, 1.82) is 0 Å². The summed E-state index contributed by atoms with van der Waals surface area (Å²) < 4.78 is 0. The highest BCUT2D eigenvalue weighted by Gasteiger charge is 2.29. The van der Waals surface area contributed by atoms with Gasteiger partial charge in [-0.25, -0.2) is 0 Å². The Bertz CT molecular complexity index is 436. The van der Waals surface area contributed by atoms with Crippen molar-refractivity contribution in [3.63, 3.8) is 0 Å². The summed E-state index contributed by atoms with van der Waals surface area (Å²) in [5, 5.41) is 8.95. The smallest absolute Gasteiger partial charge is 0.305 e. The van der Waals surface area contributed by atoms with Gasteiger partial charge in [-0.15, -0.1) is 0 Å². The molecule has 0 aromatic heterocycles. The summed E-state index contributed by atoms with van der Waals surface area (Å²) in [5.41, 5.74) is 10.9. The van der Waals surface area contributed by atoms with Gasteiger partial charge in [0, 0.05) is 5.54 Å². The third-order valence-corrected chi connectivity index (χ3v) is 3.46. The van der Waals surface area contributed by atoms with E-state index in [1.54, 1.807) is 6.92 Å². The summed E-state index contributed by atoms with van der Waals surface area (Å²) in [7, 11) is 0. The Morgan fingerprint density at radius 2 is 1.65 bits per heavy atom. The molecule has 0 spiro atoms. The number of aliphatic carboxylic acids is 1. The van der Waals surface area contributed by atoms with E-state index in [-0.39, 0.29) is 6.42 Å². The van der Waals surface area contributed by atoms with Gasteiger partial charge in [0.25, 0.3) is 0 Å². The zero-order valence-corrected chi connectivity index (χ0v) is 11.2. The molecule has 0 aliphatic heterocycles. The fraction of sp³-hybridized carbons (Fsp3) is 0.500. The molecule has 0 radical (unpaired) electrons. The van der Waals surface area contributed by atoms with Crippen molar-refractivity contribution in [2.75, 3.05) is 0 Å². The first-order valence-electron chi connectivity index (χ1n) is 5.75. The Morgan fingerprint density at radius 1 is 1.24 bits per heavy atom. The maximum Gasteiger partial charge on any atom is 0.305 e. The van der Waals surface area contributed by atoms with Crippen molar-refractivity contribution >= 4 is 5.97 Å². The van der Waals surface area contributed by atoms with Crippen LogP contribution in [0.4, 0.5) is 0 Å². The van der Waals surface area contributed by atoms with Gasteiger partial charge in [-0.2, -0.15) is 0 Å². The second-order valence-electron chi connectivity index (χ2n) is 5.12. The van der Waals surface area contributed by atoms with Crippen LogP contribution < -0.4 is 5.73 Å². The minimum Gasteiger partial charge on any atom is -0.481 e. The number of carbonyl (C=O) groups is 1. The molecule has 1 rings (SSSR count). The van der Waals surface area contributed by atoms with E-state index in [2.05, 4.69) is 6.07 Å². The largest absolute Gasteiger partial charge is 0.481 e. The molecule has 3 heteroatoms. The summed E-state index contributed by atoms with van der Waals surface area (Å²) in [6.07, 6.45) is -0.0580. The molecule has 0 bridgehead atoms. The number of aryl methyl sites for hydroxylation is 2. The molecule has 94 valence electrons. The van der Waals surface area contributed by atoms with Crippen LogP contribution in [-0.4, -0.2) is 11.1 Å². The summed E-state index contributed by atoms with van der Waals surface area (Å²) >= 11 is 0. The van der Waals surface area contributed by atoms with E-state index in [0.29, 0.717) is 0 Å². The average molecular weight is 235 g/mol. The van der Waals surface area contributed by atoms with E-state index in [1.165, 1.54) is 0 Å². The number of benzene rings is 1.